The summed E-state index contributed by atoms with van der Waals surface area (Å²) in [5, 5.41) is 14.9. The molecule has 0 spiro atoms. The summed E-state index contributed by atoms with van der Waals surface area (Å²) in [4.78, 5) is 7.22. The van der Waals surface area contributed by atoms with E-state index in [4.69, 9.17) is 14.5 Å². The van der Waals surface area contributed by atoms with Gasteiger partial charge in [-0.05, 0) is 13.3 Å². The summed E-state index contributed by atoms with van der Waals surface area (Å²) in [5.41, 5.74) is 0. The van der Waals surface area contributed by atoms with Crippen LogP contribution >= 0.6 is 0 Å². The Morgan fingerprint density at radius 2 is 2.11 bits per heavy atom. The molecule has 0 aromatic carbocycles. The summed E-state index contributed by atoms with van der Waals surface area (Å²) < 4.78 is 12.6. The quantitative estimate of drug-likeness (QED) is 0.320. The molecule has 0 saturated carbocycles. The van der Waals surface area contributed by atoms with E-state index < -0.39 is 0 Å². The van der Waals surface area contributed by atoms with Gasteiger partial charge in [0.15, 0.2) is 5.96 Å². The predicted octanol–water partition coefficient (Wildman–Crippen LogP) is 0.133. The monoisotopic (exact) mass is 381 g/mol. The van der Waals surface area contributed by atoms with E-state index in [2.05, 4.69) is 44.1 Å². The van der Waals surface area contributed by atoms with Crippen molar-refractivity contribution in [3.05, 3.63) is 12.2 Å². The molecule has 154 valence electrons. The van der Waals surface area contributed by atoms with Crippen LogP contribution in [0.3, 0.4) is 0 Å². The van der Waals surface area contributed by atoms with Gasteiger partial charge in [0.2, 0.25) is 0 Å². The summed E-state index contributed by atoms with van der Waals surface area (Å²) in [5.74, 6) is 1.85. The molecular formula is C18H35N7O2. The van der Waals surface area contributed by atoms with E-state index in [0.717, 1.165) is 83.7 Å². The summed E-state index contributed by atoms with van der Waals surface area (Å²) in [6.45, 7) is 11.8. The minimum atomic E-state index is 0.399. The zero-order valence-corrected chi connectivity index (χ0v) is 17.0. The maximum atomic E-state index is 5.43. The van der Waals surface area contributed by atoms with E-state index in [9.17, 15) is 0 Å². The van der Waals surface area contributed by atoms with Gasteiger partial charge in [0.05, 0.1) is 19.8 Å². The van der Waals surface area contributed by atoms with Crippen LogP contribution in [0.4, 0.5) is 0 Å². The molecule has 1 aromatic heterocycles. The number of ether oxygens (including phenoxy) is 2. The van der Waals surface area contributed by atoms with Crippen LogP contribution in [0.2, 0.25) is 0 Å². The lowest BCUT2D eigenvalue weighted by atomic mass is 10.2. The molecule has 2 rings (SSSR count). The zero-order chi connectivity index (χ0) is 19.3. The highest BCUT2D eigenvalue weighted by atomic mass is 16.5. The van der Waals surface area contributed by atoms with Crippen LogP contribution in [0.15, 0.2) is 11.3 Å². The fourth-order valence-electron chi connectivity index (χ4n) is 2.99. The number of aliphatic imine (C=N–C) groups is 1. The number of nitrogens with zero attached hydrogens (tertiary/aromatic N) is 5. The van der Waals surface area contributed by atoms with Gasteiger partial charge < -0.3 is 24.7 Å². The van der Waals surface area contributed by atoms with Gasteiger partial charge in [-0.1, -0.05) is 6.92 Å². The molecule has 2 N–H and O–H groups in total. The molecular weight excluding hydrogens is 346 g/mol. The molecule has 0 bridgehead atoms. The Kier molecular flexibility index (Phi) is 10.1. The first-order valence-corrected chi connectivity index (χ1v) is 9.94. The number of morpholine rings is 1. The van der Waals surface area contributed by atoms with Crippen molar-refractivity contribution in [1.29, 1.82) is 0 Å². The molecule has 1 fully saturated rings. The van der Waals surface area contributed by atoms with Crippen molar-refractivity contribution in [3.8, 4) is 0 Å². The Labute approximate surface area is 162 Å². The van der Waals surface area contributed by atoms with E-state index in [1.807, 2.05) is 0 Å². The molecule has 27 heavy (non-hydrogen) atoms. The van der Waals surface area contributed by atoms with Crippen LogP contribution in [-0.2, 0) is 22.4 Å². The molecule has 1 atom stereocenters. The van der Waals surface area contributed by atoms with Gasteiger partial charge in [-0.2, -0.15) is 0 Å². The van der Waals surface area contributed by atoms with E-state index in [0.29, 0.717) is 6.04 Å². The topological polar surface area (TPSA) is 88.8 Å². The standard InChI is InChI=1S/C18H35N7O2/c1-4-17-23-22-15-25(17)8-7-20-18(19-6-5-11-26-3)21-14-16(2)24-9-12-27-13-10-24/h15-16H,4-14H2,1-3H3,(H2,19,20,21). The van der Waals surface area contributed by atoms with Crippen LogP contribution in [0.1, 0.15) is 26.1 Å². The lowest BCUT2D eigenvalue weighted by molar-refractivity contribution is 0.0220. The number of hydrogen-bond acceptors (Lipinski definition) is 6. The maximum Gasteiger partial charge on any atom is 0.191 e. The van der Waals surface area contributed by atoms with Crippen LogP contribution in [-0.4, -0.2) is 91.3 Å². The number of aromatic nitrogens is 3. The van der Waals surface area contributed by atoms with Crippen molar-refractivity contribution in [2.24, 2.45) is 4.99 Å². The van der Waals surface area contributed by atoms with Gasteiger partial charge in [-0.3, -0.25) is 9.89 Å². The summed E-state index contributed by atoms with van der Waals surface area (Å²) in [6, 6.07) is 0.399. The largest absolute Gasteiger partial charge is 0.385 e. The molecule has 1 unspecified atom stereocenters. The first kappa shape index (κ1) is 21.6. The van der Waals surface area contributed by atoms with Crippen LogP contribution < -0.4 is 10.6 Å². The average molecular weight is 382 g/mol. The second kappa shape index (κ2) is 12.6. The second-order valence-corrected chi connectivity index (χ2v) is 6.68. The molecule has 9 heteroatoms. The van der Waals surface area contributed by atoms with E-state index >= 15 is 0 Å². The Morgan fingerprint density at radius 1 is 1.33 bits per heavy atom. The summed E-state index contributed by atoms with van der Waals surface area (Å²) >= 11 is 0. The van der Waals surface area contributed by atoms with Crippen LogP contribution in [0, 0.1) is 0 Å². The van der Waals surface area contributed by atoms with E-state index in [1.54, 1.807) is 13.4 Å². The van der Waals surface area contributed by atoms with Crippen molar-refractivity contribution in [3.63, 3.8) is 0 Å². The third kappa shape index (κ3) is 7.82. The zero-order valence-electron chi connectivity index (χ0n) is 17.0. The lowest BCUT2D eigenvalue weighted by Gasteiger charge is -2.31. The van der Waals surface area contributed by atoms with Crippen molar-refractivity contribution in [2.45, 2.75) is 39.3 Å². The molecule has 1 saturated heterocycles. The summed E-state index contributed by atoms with van der Waals surface area (Å²) in [7, 11) is 1.72. The first-order valence-electron chi connectivity index (χ1n) is 9.94. The van der Waals surface area contributed by atoms with Gasteiger partial charge >= 0.3 is 0 Å². The minimum absolute atomic E-state index is 0.399. The minimum Gasteiger partial charge on any atom is -0.385 e. The van der Waals surface area contributed by atoms with Crippen LogP contribution in [0.5, 0.6) is 0 Å². The number of aryl methyl sites for hydroxylation is 1. The lowest BCUT2D eigenvalue weighted by Crippen LogP contribution is -2.45. The maximum absolute atomic E-state index is 5.43. The van der Waals surface area contributed by atoms with Gasteiger partial charge in [-0.15, -0.1) is 10.2 Å². The first-order chi connectivity index (χ1) is 13.2. The Bertz CT molecular complexity index is 544. The highest BCUT2D eigenvalue weighted by Gasteiger charge is 2.16. The van der Waals surface area contributed by atoms with Gasteiger partial charge in [0.1, 0.15) is 12.2 Å². The van der Waals surface area contributed by atoms with Crippen molar-refractivity contribution in [2.75, 3.05) is 59.7 Å². The fraction of sp³-hybridized carbons (Fsp3) is 0.833. The Hall–Kier alpha value is -1.71. The molecule has 2 heterocycles. The molecule has 1 aromatic rings. The van der Waals surface area contributed by atoms with E-state index in [-0.39, 0.29) is 0 Å². The highest BCUT2D eigenvalue weighted by molar-refractivity contribution is 5.79. The number of guanidine groups is 1. The molecule has 1 aliphatic rings. The molecule has 9 nitrogen and oxygen atoms in total. The van der Waals surface area contributed by atoms with Crippen molar-refractivity contribution >= 4 is 5.96 Å². The predicted molar refractivity (Wildman–Crippen MR) is 106 cm³/mol. The summed E-state index contributed by atoms with van der Waals surface area (Å²) in [6.07, 6.45) is 3.61. The molecule has 0 radical (unpaired) electrons. The van der Waals surface area contributed by atoms with Crippen molar-refractivity contribution < 1.29 is 9.47 Å². The van der Waals surface area contributed by atoms with Gasteiger partial charge in [0, 0.05) is 58.9 Å². The second-order valence-electron chi connectivity index (χ2n) is 6.68. The average Bonchev–Trinajstić information content (AvgIpc) is 3.16. The highest BCUT2D eigenvalue weighted by Crippen LogP contribution is 2.03. The van der Waals surface area contributed by atoms with Crippen molar-refractivity contribution in [1.82, 2.24) is 30.3 Å². The number of methoxy groups -OCH3 is 1. The number of rotatable bonds is 11. The number of nitrogens with one attached hydrogen (secondary N) is 2. The van der Waals surface area contributed by atoms with Gasteiger partial charge in [0.25, 0.3) is 0 Å². The van der Waals surface area contributed by atoms with Gasteiger partial charge in [-0.25, -0.2) is 0 Å². The Balaban J connectivity index is 1.82. The Morgan fingerprint density at radius 3 is 2.85 bits per heavy atom. The fourth-order valence-corrected chi connectivity index (χ4v) is 2.99. The molecule has 0 aliphatic carbocycles. The molecule has 1 aliphatic heterocycles. The number of hydrogen-bond donors (Lipinski definition) is 2. The van der Waals surface area contributed by atoms with Crippen LogP contribution in [0.25, 0.3) is 0 Å². The SMILES string of the molecule is CCc1nncn1CCNC(=NCC(C)N1CCOCC1)NCCCOC. The molecule has 0 amide bonds. The third-order valence-electron chi connectivity index (χ3n) is 4.66. The third-order valence-corrected chi connectivity index (χ3v) is 4.66. The smallest absolute Gasteiger partial charge is 0.191 e. The normalized spacial score (nSPS) is 17.1. The van der Waals surface area contributed by atoms with E-state index in [1.165, 1.54) is 0 Å².